The van der Waals surface area contributed by atoms with E-state index in [-0.39, 0.29) is 12.1 Å². The van der Waals surface area contributed by atoms with Gasteiger partial charge in [0.15, 0.2) is 0 Å². The first-order valence-corrected chi connectivity index (χ1v) is 9.12. The SMILES string of the molecule is COc1ccc(NC(=O)c2cccn(Cc3ccc(C(F)(F)F)cc3)c2=O)c(OC)c1. The summed E-state index contributed by atoms with van der Waals surface area (Å²) in [6.07, 6.45) is -2.97. The maximum Gasteiger partial charge on any atom is 0.416 e. The molecule has 1 heterocycles. The minimum absolute atomic E-state index is 0.0178. The highest BCUT2D eigenvalue weighted by Gasteiger charge is 2.29. The molecule has 0 fully saturated rings. The maximum absolute atomic E-state index is 12.8. The van der Waals surface area contributed by atoms with Gasteiger partial charge in [0.1, 0.15) is 17.1 Å². The van der Waals surface area contributed by atoms with Crippen molar-refractivity contribution in [1.29, 1.82) is 0 Å². The van der Waals surface area contributed by atoms with Gasteiger partial charge in [0.25, 0.3) is 11.5 Å². The summed E-state index contributed by atoms with van der Waals surface area (Å²) in [5.74, 6) is 0.248. The second-order valence-electron chi connectivity index (χ2n) is 6.57. The molecule has 0 bridgehead atoms. The molecule has 31 heavy (non-hydrogen) atoms. The molecule has 9 heteroatoms. The van der Waals surface area contributed by atoms with E-state index in [1.807, 2.05) is 0 Å². The predicted molar refractivity (Wildman–Crippen MR) is 109 cm³/mol. The lowest BCUT2D eigenvalue weighted by molar-refractivity contribution is -0.137. The first-order valence-electron chi connectivity index (χ1n) is 9.12. The highest BCUT2D eigenvalue weighted by molar-refractivity contribution is 6.04. The van der Waals surface area contributed by atoms with Gasteiger partial charge < -0.3 is 19.4 Å². The second-order valence-corrected chi connectivity index (χ2v) is 6.57. The fourth-order valence-electron chi connectivity index (χ4n) is 2.92. The van der Waals surface area contributed by atoms with Crippen molar-refractivity contribution in [3.05, 3.63) is 87.8 Å². The number of methoxy groups -OCH3 is 2. The lowest BCUT2D eigenvalue weighted by Gasteiger charge is -2.13. The van der Waals surface area contributed by atoms with Crippen LogP contribution in [0.4, 0.5) is 18.9 Å². The number of nitrogens with one attached hydrogen (secondary N) is 1. The fourth-order valence-corrected chi connectivity index (χ4v) is 2.92. The summed E-state index contributed by atoms with van der Waals surface area (Å²) in [6.45, 7) is 0.0178. The van der Waals surface area contributed by atoms with Crippen LogP contribution in [0.25, 0.3) is 0 Å². The molecule has 0 aliphatic rings. The summed E-state index contributed by atoms with van der Waals surface area (Å²) in [6, 6.07) is 12.2. The first-order chi connectivity index (χ1) is 14.7. The van der Waals surface area contributed by atoms with E-state index in [4.69, 9.17) is 9.47 Å². The van der Waals surface area contributed by atoms with Crippen LogP contribution in [0.15, 0.2) is 65.6 Å². The summed E-state index contributed by atoms with van der Waals surface area (Å²) in [4.78, 5) is 25.4. The van der Waals surface area contributed by atoms with Crippen LogP contribution in [0, 0.1) is 0 Å². The van der Waals surface area contributed by atoms with Crippen LogP contribution < -0.4 is 20.3 Å². The molecule has 1 aromatic heterocycles. The van der Waals surface area contributed by atoms with Gasteiger partial charge in [-0.25, -0.2) is 0 Å². The number of benzene rings is 2. The van der Waals surface area contributed by atoms with Gasteiger partial charge in [-0.05, 0) is 42.0 Å². The lowest BCUT2D eigenvalue weighted by atomic mass is 10.1. The third-order valence-corrected chi connectivity index (χ3v) is 4.56. The zero-order chi connectivity index (χ0) is 22.6. The first kappa shape index (κ1) is 21.9. The highest BCUT2D eigenvalue weighted by Crippen LogP contribution is 2.30. The third-order valence-electron chi connectivity index (χ3n) is 4.56. The number of carbonyl (C=O) groups excluding carboxylic acids is 1. The second kappa shape index (κ2) is 8.95. The Morgan fingerprint density at radius 3 is 2.35 bits per heavy atom. The summed E-state index contributed by atoms with van der Waals surface area (Å²) in [5, 5.41) is 2.63. The van der Waals surface area contributed by atoms with Crippen molar-refractivity contribution < 1.29 is 27.4 Å². The molecule has 0 spiro atoms. The molecule has 162 valence electrons. The fraction of sp³-hybridized carbons (Fsp3) is 0.182. The van der Waals surface area contributed by atoms with Crippen LogP contribution in [0.1, 0.15) is 21.5 Å². The van der Waals surface area contributed by atoms with Crippen molar-refractivity contribution in [2.75, 3.05) is 19.5 Å². The average Bonchev–Trinajstić information content (AvgIpc) is 2.75. The molecule has 1 N–H and O–H groups in total. The van der Waals surface area contributed by atoms with Crippen molar-refractivity contribution in [2.24, 2.45) is 0 Å². The molecule has 6 nitrogen and oxygen atoms in total. The van der Waals surface area contributed by atoms with Crippen LogP contribution in [-0.4, -0.2) is 24.7 Å². The predicted octanol–water partition coefficient (Wildman–Crippen LogP) is 4.18. The van der Waals surface area contributed by atoms with Crippen LogP contribution in [0.3, 0.4) is 0 Å². The van der Waals surface area contributed by atoms with Gasteiger partial charge in [-0.3, -0.25) is 9.59 Å². The largest absolute Gasteiger partial charge is 0.497 e. The normalized spacial score (nSPS) is 11.1. The summed E-state index contributed by atoms with van der Waals surface area (Å²) >= 11 is 0. The number of hydrogen-bond acceptors (Lipinski definition) is 4. The molecular weight excluding hydrogens is 413 g/mol. The molecule has 0 saturated carbocycles. The van der Waals surface area contributed by atoms with Gasteiger partial charge in [-0.15, -0.1) is 0 Å². The molecule has 3 aromatic rings. The molecule has 0 radical (unpaired) electrons. The Hall–Kier alpha value is -3.75. The molecular formula is C22H19F3N2O4. The van der Waals surface area contributed by atoms with Crippen LogP contribution in [0.2, 0.25) is 0 Å². The Morgan fingerprint density at radius 2 is 1.74 bits per heavy atom. The lowest BCUT2D eigenvalue weighted by Crippen LogP contribution is -2.29. The van der Waals surface area contributed by atoms with Crippen molar-refractivity contribution in [3.8, 4) is 11.5 Å². The number of hydrogen-bond donors (Lipinski definition) is 1. The van der Waals surface area contributed by atoms with Crippen LogP contribution in [-0.2, 0) is 12.7 Å². The van der Waals surface area contributed by atoms with Gasteiger partial charge in [-0.1, -0.05) is 12.1 Å². The van der Waals surface area contributed by atoms with E-state index in [2.05, 4.69) is 5.32 Å². The Labute approximate surface area is 175 Å². The van der Waals surface area contributed by atoms with Crippen LogP contribution >= 0.6 is 0 Å². The van der Waals surface area contributed by atoms with E-state index in [1.54, 1.807) is 18.2 Å². The number of pyridine rings is 1. The van der Waals surface area contributed by atoms with Gasteiger partial charge >= 0.3 is 6.18 Å². The number of halogens is 3. The van der Waals surface area contributed by atoms with Crippen molar-refractivity contribution in [2.45, 2.75) is 12.7 Å². The number of anilines is 1. The smallest absolute Gasteiger partial charge is 0.416 e. The maximum atomic E-state index is 12.8. The Morgan fingerprint density at radius 1 is 1.03 bits per heavy atom. The van der Waals surface area contributed by atoms with Crippen LogP contribution in [0.5, 0.6) is 11.5 Å². The molecule has 2 aromatic carbocycles. The highest BCUT2D eigenvalue weighted by atomic mass is 19.4. The van der Waals surface area contributed by atoms with E-state index in [9.17, 15) is 22.8 Å². The van der Waals surface area contributed by atoms with E-state index < -0.39 is 23.2 Å². The van der Waals surface area contributed by atoms with Gasteiger partial charge in [-0.2, -0.15) is 13.2 Å². The average molecular weight is 432 g/mol. The third kappa shape index (κ3) is 5.06. The van der Waals surface area contributed by atoms with Gasteiger partial charge in [0, 0.05) is 12.3 Å². The quantitative estimate of drug-likeness (QED) is 0.634. The standard InChI is InChI=1S/C22H19F3N2O4/c1-30-16-9-10-18(19(12-16)31-2)26-20(28)17-4-3-11-27(21(17)29)13-14-5-7-15(8-6-14)22(23,24)25/h3-12H,13H2,1-2H3,(H,26,28). The summed E-state index contributed by atoms with van der Waals surface area (Å²) in [7, 11) is 2.93. The number of amides is 1. The van der Waals surface area contributed by atoms with E-state index in [0.29, 0.717) is 22.7 Å². The zero-order valence-electron chi connectivity index (χ0n) is 16.7. The number of aromatic nitrogens is 1. The number of carbonyl (C=O) groups is 1. The van der Waals surface area contributed by atoms with E-state index in [1.165, 1.54) is 49.2 Å². The number of rotatable bonds is 6. The van der Waals surface area contributed by atoms with Crippen molar-refractivity contribution >= 4 is 11.6 Å². The number of nitrogens with zero attached hydrogens (tertiary/aromatic N) is 1. The Kier molecular flexibility index (Phi) is 6.33. The molecule has 3 rings (SSSR count). The van der Waals surface area contributed by atoms with Gasteiger partial charge in [0.05, 0.1) is 32.0 Å². The number of ether oxygens (including phenoxy) is 2. The van der Waals surface area contributed by atoms with Crippen molar-refractivity contribution in [3.63, 3.8) is 0 Å². The Balaban J connectivity index is 1.82. The minimum Gasteiger partial charge on any atom is -0.497 e. The van der Waals surface area contributed by atoms with E-state index >= 15 is 0 Å². The molecule has 0 aliphatic carbocycles. The van der Waals surface area contributed by atoms with Gasteiger partial charge in [0.2, 0.25) is 0 Å². The topological polar surface area (TPSA) is 69.6 Å². The molecule has 0 saturated heterocycles. The van der Waals surface area contributed by atoms with Crippen molar-refractivity contribution in [1.82, 2.24) is 4.57 Å². The monoisotopic (exact) mass is 432 g/mol. The molecule has 0 atom stereocenters. The minimum atomic E-state index is -4.43. The zero-order valence-corrected chi connectivity index (χ0v) is 16.7. The molecule has 0 unspecified atom stereocenters. The number of alkyl halides is 3. The summed E-state index contributed by atoms with van der Waals surface area (Å²) < 4.78 is 49.7. The van der Waals surface area contributed by atoms with E-state index in [0.717, 1.165) is 12.1 Å². The Bertz CT molecular complexity index is 1140. The molecule has 1 amide bonds. The summed E-state index contributed by atoms with van der Waals surface area (Å²) in [5.41, 5.74) is -0.625. The molecule has 0 aliphatic heterocycles.